The predicted molar refractivity (Wildman–Crippen MR) is 155 cm³/mol. The quantitative estimate of drug-likeness (QED) is 0.290. The Bertz CT molecular complexity index is 1220. The van der Waals surface area contributed by atoms with Crippen LogP contribution < -0.4 is 0 Å². The Labute approximate surface area is 248 Å². The summed E-state index contributed by atoms with van der Waals surface area (Å²) in [6.07, 6.45) is 2.39. The van der Waals surface area contributed by atoms with E-state index in [0.29, 0.717) is 11.1 Å². The highest BCUT2D eigenvalue weighted by molar-refractivity contribution is 5.89. The number of ether oxygens (including phenoxy) is 4. The van der Waals surface area contributed by atoms with Crippen LogP contribution in [0.15, 0.2) is 54.1 Å². The van der Waals surface area contributed by atoms with E-state index in [4.69, 9.17) is 18.9 Å². The number of hydrogen-bond donors (Lipinski definition) is 1. The van der Waals surface area contributed by atoms with E-state index in [1.807, 2.05) is 39.8 Å². The highest BCUT2D eigenvalue weighted by Gasteiger charge is 2.60. The lowest BCUT2D eigenvalue weighted by atomic mass is 9.75. The number of carbonyl (C=O) groups is 4. The van der Waals surface area contributed by atoms with E-state index in [-0.39, 0.29) is 18.8 Å². The maximum absolute atomic E-state index is 13.2. The molecule has 230 valence electrons. The first-order valence-corrected chi connectivity index (χ1v) is 14.4. The van der Waals surface area contributed by atoms with Gasteiger partial charge in [-0.25, -0.2) is 4.79 Å². The van der Waals surface area contributed by atoms with Crippen LogP contribution >= 0.6 is 0 Å². The van der Waals surface area contributed by atoms with Gasteiger partial charge in [-0.05, 0) is 37.0 Å². The van der Waals surface area contributed by atoms with Crippen molar-refractivity contribution in [2.24, 2.45) is 23.2 Å². The van der Waals surface area contributed by atoms with Gasteiger partial charge in [0.2, 0.25) is 0 Å². The Kier molecular flexibility index (Phi) is 10.4. The zero-order valence-electron chi connectivity index (χ0n) is 25.8. The first-order chi connectivity index (χ1) is 19.6. The Morgan fingerprint density at radius 1 is 0.905 bits per heavy atom. The molecular formula is C33H44O9. The minimum Gasteiger partial charge on any atom is -0.461 e. The molecule has 1 saturated carbocycles. The molecule has 2 aliphatic carbocycles. The first kappa shape index (κ1) is 33.0. The van der Waals surface area contributed by atoms with Gasteiger partial charge < -0.3 is 24.1 Å². The molecule has 3 rings (SSSR count). The number of rotatable bonds is 5. The number of aliphatic hydroxyl groups is 1. The lowest BCUT2D eigenvalue weighted by Crippen LogP contribution is -2.53. The summed E-state index contributed by atoms with van der Waals surface area (Å²) in [5.41, 5.74) is -1.21. The summed E-state index contributed by atoms with van der Waals surface area (Å²) < 4.78 is 23.6. The summed E-state index contributed by atoms with van der Waals surface area (Å²) in [5, 5.41) is 11.9. The maximum Gasteiger partial charge on any atom is 0.338 e. The average Bonchev–Trinajstić information content (AvgIpc) is 3.15. The van der Waals surface area contributed by atoms with Crippen LogP contribution in [0.5, 0.6) is 0 Å². The van der Waals surface area contributed by atoms with Crippen molar-refractivity contribution in [2.75, 3.05) is 0 Å². The van der Waals surface area contributed by atoms with Gasteiger partial charge in [0, 0.05) is 38.5 Å². The minimum atomic E-state index is -1.45. The van der Waals surface area contributed by atoms with E-state index >= 15 is 0 Å². The molecule has 2 aliphatic rings. The fraction of sp³-hybridized carbons (Fsp3) is 0.576. The molecule has 0 aliphatic heterocycles. The Balaban J connectivity index is 2.22. The molecule has 42 heavy (non-hydrogen) atoms. The average molecular weight is 585 g/mol. The number of fused-ring (bicyclic) bond motifs is 1. The molecule has 0 amide bonds. The van der Waals surface area contributed by atoms with Crippen LogP contribution in [0.4, 0.5) is 0 Å². The summed E-state index contributed by atoms with van der Waals surface area (Å²) in [5.74, 6) is -3.72. The molecule has 9 nitrogen and oxygen atoms in total. The van der Waals surface area contributed by atoms with E-state index in [9.17, 15) is 24.3 Å². The summed E-state index contributed by atoms with van der Waals surface area (Å²) >= 11 is 0. The Morgan fingerprint density at radius 2 is 1.52 bits per heavy atom. The second-order valence-electron chi connectivity index (χ2n) is 12.3. The normalized spacial score (nSPS) is 34.7. The van der Waals surface area contributed by atoms with Crippen LogP contribution in [0, 0.1) is 23.2 Å². The molecule has 0 unspecified atom stereocenters. The number of esters is 4. The third kappa shape index (κ3) is 7.48. The molecule has 1 aromatic rings. The van der Waals surface area contributed by atoms with Gasteiger partial charge >= 0.3 is 23.9 Å². The minimum absolute atomic E-state index is 0.160. The van der Waals surface area contributed by atoms with Crippen LogP contribution in [-0.4, -0.2) is 59.0 Å². The van der Waals surface area contributed by atoms with Gasteiger partial charge in [0.15, 0.2) is 0 Å². The van der Waals surface area contributed by atoms with Crippen molar-refractivity contribution >= 4 is 23.9 Å². The van der Waals surface area contributed by atoms with E-state index in [1.165, 1.54) is 20.8 Å². The molecule has 8 atom stereocenters. The monoisotopic (exact) mass is 584 g/mol. The number of benzene rings is 1. The maximum atomic E-state index is 13.2. The third-order valence-electron chi connectivity index (χ3n) is 8.36. The summed E-state index contributed by atoms with van der Waals surface area (Å²) in [6.45, 7) is 13.2. The summed E-state index contributed by atoms with van der Waals surface area (Å²) in [7, 11) is 0. The van der Waals surface area contributed by atoms with Gasteiger partial charge in [-0.15, -0.1) is 0 Å². The second kappa shape index (κ2) is 13.2. The Hall–Kier alpha value is -3.46. The van der Waals surface area contributed by atoms with Crippen molar-refractivity contribution in [3.05, 3.63) is 59.7 Å². The molecule has 0 aromatic heterocycles. The molecule has 1 N–H and O–H groups in total. The molecule has 0 saturated heterocycles. The second-order valence-corrected chi connectivity index (χ2v) is 12.3. The van der Waals surface area contributed by atoms with Gasteiger partial charge in [0.05, 0.1) is 11.5 Å². The molecule has 1 fully saturated rings. The van der Waals surface area contributed by atoms with Gasteiger partial charge in [-0.2, -0.15) is 0 Å². The van der Waals surface area contributed by atoms with Crippen LogP contribution in [0.1, 0.15) is 78.6 Å². The van der Waals surface area contributed by atoms with E-state index in [1.54, 1.807) is 43.3 Å². The van der Waals surface area contributed by atoms with Crippen molar-refractivity contribution in [3.63, 3.8) is 0 Å². The number of aliphatic hydroxyl groups excluding tert-OH is 1. The highest BCUT2D eigenvalue weighted by atomic mass is 16.6. The Morgan fingerprint density at radius 3 is 2.10 bits per heavy atom. The lowest BCUT2D eigenvalue weighted by molar-refractivity contribution is -0.181. The van der Waals surface area contributed by atoms with Gasteiger partial charge in [0.25, 0.3) is 0 Å². The lowest BCUT2D eigenvalue weighted by Gasteiger charge is -2.42. The largest absolute Gasteiger partial charge is 0.461 e. The van der Waals surface area contributed by atoms with E-state index in [0.717, 1.165) is 0 Å². The molecule has 0 radical (unpaired) electrons. The predicted octanol–water partition coefficient (Wildman–Crippen LogP) is 4.96. The topological polar surface area (TPSA) is 125 Å². The van der Waals surface area contributed by atoms with E-state index in [2.05, 4.69) is 0 Å². The van der Waals surface area contributed by atoms with Gasteiger partial charge in [0.1, 0.15) is 30.0 Å². The van der Waals surface area contributed by atoms with E-state index < -0.39 is 71.1 Å². The van der Waals surface area contributed by atoms with Crippen molar-refractivity contribution < 1.29 is 43.2 Å². The third-order valence-corrected chi connectivity index (χ3v) is 8.36. The van der Waals surface area contributed by atoms with Crippen LogP contribution in [-0.2, 0) is 33.3 Å². The first-order valence-electron chi connectivity index (χ1n) is 14.4. The molecule has 0 spiro atoms. The van der Waals surface area contributed by atoms with Crippen molar-refractivity contribution in [2.45, 2.75) is 98.2 Å². The molecule has 0 heterocycles. The van der Waals surface area contributed by atoms with Crippen LogP contribution in [0.25, 0.3) is 0 Å². The van der Waals surface area contributed by atoms with Crippen molar-refractivity contribution in [1.29, 1.82) is 0 Å². The van der Waals surface area contributed by atoms with Crippen LogP contribution in [0.3, 0.4) is 0 Å². The highest BCUT2D eigenvalue weighted by Crippen LogP contribution is 2.50. The number of carbonyl (C=O) groups excluding carboxylic acids is 4. The molecule has 0 bridgehead atoms. The smallest absolute Gasteiger partial charge is 0.338 e. The zero-order valence-corrected chi connectivity index (χ0v) is 25.8. The number of hydrogen-bond acceptors (Lipinski definition) is 9. The molecule has 1 aromatic carbocycles. The molecular weight excluding hydrogens is 540 g/mol. The van der Waals surface area contributed by atoms with Crippen molar-refractivity contribution in [3.8, 4) is 0 Å². The van der Waals surface area contributed by atoms with Crippen molar-refractivity contribution in [1.82, 2.24) is 0 Å². The van der Waals surface area contributed by atoms with Gasteiger partial charge in [-0.1, -0.05) is 64.1 Å². The van der Waals surface area contributed by atoms with Crippen LogP contribution in [0.2, 0.25) is 0 Å². The fourth-order valence-electron chi connectivity index (χ4n) is 6.21. The molecule has 9 heteroatoms. The SMILES string of the molecule is CC(=O)O[C@@H]1C[C@@H](OC(C)=O)C(C)(C)/C=C/[C@H](C)[C@@H](O)[C@@]2(OC(C)=O)C[C@@H](C)[C@H](OC(=O)c3ccccc3)[C@@H]2/C=C/1C. The standard InChI is InChI=1S/C33H44O9/c1-19-14-15-32(7,8)28(40-23(5)35)17-27(39-22(4)34)20(2)16-26-29(41-31(38)25-12-10-9-11-13-25)21(3)18-33(26,30(19)37)42-24(6)36/h9-16,19,21,26-30,37H,17-18H2,1-8H3/b15-14+,20-16+/t19-,21+,26-,27+,28+,29-,30+,33+/m0/s1. The zero-order chi connectivity index (χ0) is 31.4. The summed E-state index contributed by atoms with van der Waals surface area (Å²) in [4.78, 5) is 50.1. The fourth-order valence-corrected chi connectivity index (χ4v) is 6.21. The van der Waals surface area contributed by atoms with Gasteiger partial charge in [-0.3, -0.25) is 14.4 Å². The summed E-state index contributed by atoms with van der Waals surface area (Å²) in [6, 6.07) is 8.57.